The maximum Gasteiger partial charge on any atom is 0.0558 e. The van der Waals surface area contributed by atoms with Crippen LogP contribution in [0.25, 0.3) is 0 Å². The number of hydrogen-bond donors (Lipinski definition) is 2. The Balaban J connectivity index is 3.41. The zero-order valence-corrected chi connectivity index (χ0v) is 8.71. The Morgan fingerprint density at radius 3 is 2.08 bits per heavy atom. The number of hydrogen-bond acceptors (Lipinski definition) is 3. The molecule has 0 atom stereocenters. The van der Waals surface area contributed by atoms with E-state index >= 15 is 0 Å². The Morgan fingerprint density at radius 2 is 1.54 bits per heavy atom. The Hall–Kier alpha value is -0.120. The number of nitrogens with zero attached hydrogens (tertiary/aromatic N) is 1. The smallest absolute Gasteiger partial charge is 0.0558 e. The zero-order valence-electron chi connectivity index (χ0n) is 8.71. The summed E-state index contributed by atoms with van der Waals surface area (Å²) in [6, 6.07) is 0. The van der Waals surface area contributed by atoms with Gasteiger partial charge in [-0.15, -0.1) is 0 Å². The van der Waals surface area contributed by atoms with E-state index in [1.54, 1.807) is 0 Å². The van der Waals surface area contributed by atoms with Crippen LogP contribution < -0.4 is 0 Å². The summed E-state index contributed by atoms with van der Waals surface area (Å²) < 4.78 is 0. The lowest BCUT2D eigenvalue weighted by Gasteiger charge is -2.20. The molecule has 3 heteroatoms. The van der Waals surface area contributed by atoms with Crippen molar-refractivity contribution >= 4 is 0 Å². The maximum atomic E-state index is 8.80. The van der Waals surface area contributed by atoms with Crippen LogP contribution in [-0.4, -0.2) is 48.0 Å². The van der Waals surface area contributed by atoms with Crippen LogP contribution in [-0.2, 0) is 0 Å². The molecule has 0 fully saturated rings. The summed E-state index contributed by atoms with van der Waals surface area (Å²) in [4.78, 5) is 2.26. The second kappa shape index (κ2) is 9.96. The predicted octanol–water partition coefficient (Wildman–Crippen LogP) is 0.853. The lowest BCUT2D eigenvalue weighted by atomic mass is 10.2. The van der Waals surface area contributed by atoms with Gasteiger partial charge in [0.1, 0.15) is 0 Å². The Kier molecular flexibility index (Phi) is 9.87. The third-order valence-electron chi connectivity index (χ3n) is 2.13. The van der Waals surface area contributed by atoms with E-state index in [0.29, 0.717) is 0 Å². The van der Waals surface area contributed by atoms with Crippen molar-refractivity contribution in [2.75, 3.05) is 32.8 Å². The fourth-order valence-electron chi connectivity index (χ4n) is 1.31. The first-order valence-electron chi connectivity index (χ1n) is 5.29. The van der Waals surface area contributed by atoms with E-state index in [-0.39, 0.29) is 13.2 Å². The fourth-order valence-corrected chi connectivity index (χ4v) is 1.31. The van der Waals surface area contributed by atoms with Crippen LogP contribution in [0.3, 0.4) is 0 Å². The van der Waals surface area contributed by atoms with Gasteiger partial charge in [-0.2, -0.15) is 0 Å². The minimum atomic E-state index is 0.239. The van der Waals surface area contributed by atoms with Crippen molar-refractivity contribution in [3.8, 4) is 0 Å². The van der Waals surface area contributed by atoms with Crippen molar-refractivity contribution in [3.63, 3.8) is 0 Å². The lowest BCUT2D eigenvalue weighted by Crippen LogP contribution is -2.29. The zero-order chi connectivity index (χ0) is 9.94. The van der Waals surface area contributed by atoms with Crippen molar-refractivity contribution in [2.24, 2.45) is 0 Å². The quantitative estimate of drug-likeness (QED) is 0.529. The van der Waals surface area contributed by atoms with Gasteiger partial charge < -0.3 is 15.1 Å². The molecule has 0 aromatic heterocycles. The second-order valence-corrected chi connectivity index (χ2v) is 3.35. The number of aliphatic hydroxyl groups excluding tert-OH is 2. The lowest BCUT2D eigenvalue weighted by molar-refractivity contribution is 0.186. The van der Waals surface area contributed by atoms with Crippen molar-refractivity contribution in [3.05, 3.63) is 0 Å². The van der Waals surface area contributed by atoms with Gasteiger partial charge in [-0.1, -0.05) is 13.3 Å². The minimum Gasteiger partial charge on any atom is -0.396 e. The van der Waals surface area contributed by atoms with Gasteiger partial charge in [0, 0.05) is 13.2 Å². The SMILES string of the molecule is CCCCN(CCO)CCCCO. The van der Waals surface area contributed by atoms with E-state index in [0.717, 1.165) is 32.5 Å². The van der Waals surface area contributed by atoms with Crippen molar-refractivity contribution < 1.29 is 10.2 Å². The Morgan fingerprint density at radius 1 is 0.846 bits per heavy atom. The summed E-state index contributed by atoms with van der Waals surface area (Å²) in [7, 11) is 0. The van der Waals surface area contributed by atoms with Crippen LogP contribution in [0.1, 0.15) is 32.6 Å². The van der Waals surface area contributed by atoms with Crippen molar-refractivity contribution in [1.82, 2.24) is 4.90 Å². The molecule has 0 bridgehead atoms. The minimum absolute atomic E-state index is 0.239. The summed E-state index contributed by atoms with van der Waals surface area (Å²) >= 11 is 0. The molecule has 0 aromatic rings. The number of aliphatic hydroxyl groups is 2. The summed E-state index contributed by atoms with van der Waals surface area (Å²) in [6.07, 6.45) is 4.29. The van der Waals surface area contributed by atoms with Crippen LogP contribution in [0.2, 0.25) is 0 Å². The molecule has 0 aliphatic carbocycles. The first-order valence-corrected chi connectivity index (χ1v) is 5.29. The molecule has 13 heavy (non-hydrogen) atoms. The molecule has 0 spiro atoms. The van der Waals surface area contributed by atoms with E-state index in [4.69, 9.17) is 10.2 Å². The average molecular weight is 189 g/mol. The van der Waals surface area contributed by atoms with E-state index in [1.165, 1.54) is 12.8 Å². The van der Waals surface area contributed by atoms with Gasteiger partial charge in [0.2, 0.25) is 0 Å². The van der Waals surface area contributed by atoms with E-state index in [2.05, 4.69) is 11.8 Å². The van der Waals surface area contributed by atoms with E-state index < -0.39 is 0 Å². The van der Waals surface area contributed by atoms with Gasteiger partial charge in [0.15, 0.2) is 0 Å². The highest BCUT2D eigenvalue weighted by atomic mass is 16.3. The molecule has 80 valence electrons. The normalized spacial score (nSPS) is 11.1. The molecule has 0 heterocycles. The Labute approximate surface area is 81.4 Å². The van der Waals surface area contributed by atoms with Gasteiger partial charge in [0.25, 0.3) is 0 Å². The molecule has 0 saturated carbocycles. The predicted molar refractivity (Wildman–Crippen MR) is 54.8 cm³/mol. The molecule has 0 amide bonds. The monoisotopic (exact) mass is 189 g/mol. The van der Waals surface area contributed by atoms with Gasteiger partial charge in [-0.25, -0.2) is 0 Å². The highest BCUT2D eigenvalue weighted by Gasteiger charge is 2.02. The van der Waals surface area contributed by atoms with Crippen LogP contribution in [0.4, 0.5) is 0 Å². The molecule has 0 radical (unpaired) electrons. The van der Waals surface area contributed by atoms with E-state index in [9.17, 15) is 0 Å². The summed E-state index contributed by atoms with van der Waals surface area (Å²) in [6.45, 7) is 5.53. The standard InChI is InChI=1S/C10H23NO2/c1-2-3-6-11(8-10-13)7-4-5-9-12/h12-13H,2-10H2,1H3. The van der Waals surface area contributed by atoms with Gasteiger partial charge in [-0.05, 0) is 32.4 Å². The van der Waals surface area contributed by atoms with Crippen molar-refractivity contribution in [1.29, 1.82) is 0 Å². The van der Waals surface area contributed by atoms with Crippen LogP contribution in [0, 0.1) is 0 Å². The summed E-state index contributed by atoms with van der Waals surface area (Å²) in [5.74, 6) is 0. The molecule has 0 aliphatic rings. The van der Waals surface area contributed by atoms with Gasteiger partial charge in [-0.3, -0.25) is 0 Å². The highest BCUT2D eigenvalue weighted by molar-refractivity contribution is 4.57. The molecule has 3 nitrogen and oxygen atoms in total. The summed E-state index contributed by atoms with van der Waals surface area (Å²) in [5.41, 5.74) is 0. The average Bonchev–Trinajstić information content (AvgIpc) is 2.14. The first kappa shape index (κ1) is 12.9. The van der Waals surface area contributed by atoms with Crippen LogP contribution in [0.15, 0.2) is 0 Å². The number of rotatable bonds is 9. The maximum absolute atomic E-state index is 8.80. The molecule has 2 N–H and O–H groups in total. The second-order valence-electron chi connectivity index (χ2n) is 3.35. The number of unbranched alkanes of at least 4 members (excludes halogenated alkanes) is 2. The first-order chi connectivity index (χ1) is 6.35. The topological polar surface area (TPSA) is 43.7 Å². The molecule has 0 rings (SSSR count). The molecule has 0 unspecified atom stereocenters. The van der Waals surface area contributed by atoms with Gasteiger partial charge in [0.05, 0.1) is 6.61 Å². The third-order valence-corrected chi connectivity index (χ3v) is 2.13. The largest absolute Gasteiger partial charge is 0.396 e. The van der Waals surface area contributed by atoms with Crippen molar-refractivity contribution in [2.45, 2.75) is 32.6 Å². The molecule has 0 aliphatic heterocycles. The Bertz CT molecular complexity index is 98.9. The van der Waals surface area contributed by atoms with E-state index in [1.807, 2.05) is 0 Å². The van der Waals surface area contributed by atoms with Crippen LogP contribution in [0.5, 0.6) is 0 Å². The molecule has 0 saturated heterocycles. The fraction of sp³-hybridized carbons (Fsp3) is 1.00. The van der Waals surface area contributed by atoms with Crippen LogP contribution >= 0.6 is 0 Å². The highest BCUT2D eigenvalue weighted by Crippen LogP contribution is 1.98. The summed E-state index contributed by atoms with van der Waals surface area (Å²) in [5, 5.41) is 17.4. The third kappa shape index (κ3) is 8.22. The van der Waals surface area contributed by atoms with Gasteiger partial charge >= 0.3 is 0 Å². The molecule has 0 aromatic carbocycles. The molecular formula is C10H23NO2. The molecular weight excluding hydrogens is 166 g/mol.